The molecule has 0 aliphatic rings. The van der Waals surface area contributed by atoms with E-state index in [9.17, 15) is 28.9 Å². The second-order valence-corrected chi connectivity index (χ2v) is 11.5. The van der Waals surface area contributed by atoms with Crippen LogP contribution in [0.3, 0.4) is 0 Å². The zero-order chi connectivity index (χ0) is 29.9. The molecule has 41 heavy (non-hydrogen) atoms. The summed E-state index contributed by atoms with van der Waals surface area (Å²) in [6.07, 6.45) is 5.59. The lowest BCUT2D eigenvalue weighted by Crippen LogP contribution is -2.53. The average molecular weight is 571 g/mol. The number of aromatic nitrogens is 1. The molecular weight excluding hydrogens is 540 g/mol. The normalized spacial score (nSPS) is 14.7. The molecule has 0 bridgehead atoms. The predicted octanol–water partition coefficient (Wildman–Crippen LogP) is 6.59. The van der Waals surface area contributed by atoms with Crippen LogP contribution in [0, 0.1) is 18.2 Å². The number of carboxylic acids is 1. The number of carbonyl (C=O) groups is 1. The summed E-state index contributed by atoms with van der Waals surface area (Å²) in [5.74, 6) is -1.14. The molecule has 6 nitrogen and oxygen atoms in total. The average Bonchev–Trinajstić information content (AvgIpc) is 2.94. The molecule has 0 aliphatic heterocycles. The van der Waals surface area contributed by atoms with Crippen LogP contribution < -0.4 is 0 Å². The summed E-state index contributed by atoms with van der Waals surface area (Å²) in [7, 11) is -3.63. The summed E-state index contributed by atoms with van der Waals surface area (Å²) >= 11 is 0. The van der Waals surface area contributed by atoms with Gasteiger partial charge in [-0.2, -0.15) is 4.89 Å². The van der Waals surface area contributed by atoms with Crippen molar-refractivity contribution in [1.82, 2.24) is 4.98 Å². The van der Waals surface area contributed by atoms with Gasteiger partial charge in [-0.1, -0.05) is 86.6 Å². The van der Waals surface area contributed by atoms with E-state index < -0.39 is 30.6 Å². The molecule has 0 spiro atoms. The number of rotatable bonds is 9. The van der Waals surface area contributed by atoms with Crippen molar-refractivity contribution in [2.75, 3.05) is 0 Å². The van der Waals surface area contributed by atoms with Crippen LogP contribution in [0.4, 0.5) is 4.39 Å². The van der Waals surface area contributed by atoms with E-state index in [-0.39, 0.29) is 17.4 Å². The lowest BCUT2D eigenvalue weighted by atomic mass is 9.75. The van der Waals surface area contributed by atoms with Crippen molar-refractivity contribution in [2.24, 2.45) is 0 Å². The Kier molecular flexibility index (Phi) is 8.51. The Morgan fingerprint density at radius 1 is 0.976 bits per heavy atom. The quantitative estimate of drug-likeness (QED) is 0.155. The highest BCUT2D eigenvalue weighted by Gasteiger charge is 2.70. The number of terminal acetylenes is 1. The fourth-order valence-electron chi connectivity index (χ4n) is 5.26. The van der Waals surface area contributed by atoms with Crippen molar-refractivity contribution in [1.29, 1.82) is 0 Å². The van der Waals surface area contributed by atoms with Crippen molar-refractivity contribution in [3.8, 4) is 23.5 Å². The smallest absolute Gasteiger partial charge is 0.477 e. The molecule has 0 fully saturated rings. The van der Waals surface area contributed by atoms with Crippen molar-refractivity contribution in [3.05, 3.63) is 125 Å². The summed E-state index contributed by atoms with van der Waals surface area (Å²) in [4.78, 5) is 27.8. The number of hydrogen-bond donors (Lipinski definition) is 3. The number of aliphatic hydroxyl groups is 1. The third-order valence-corrected chi connectivity index (χ3v) is 8.66. The largest absolute Gasteiger partial charge is 0.541 e. The predicted molar refractivity (Wildman–Crippen MR) is 156 cm³/mol. The van der Waals surface area contributed by atoms with Crippen molar-refractivity contribution < 1.29 is 28.9 Å². The third-order valence-electron chi connectivity index (χ3n) is 7.33. The number of benzene rings is 3. The minimum Gasteiger partial charge on any atom is -0.477 e. The van der Waals surface area contributed by atoms with Crippen LogP contribution >= 0.6 is 8.03 Å². The van der Waals surface area contributed by atoms with Crippen LogP contribution in [0.1, 0.15) is 60.7 Å². The van der Waals surface area contributed by atoms with Gasteiger partial charge in [0, 0.05) is 5.56 Å². The number of carboxylic acid groups (broad SMARTS) is 1. The monoisotopic (exact) mass is 570 g/mol. The maximum atomic E-state index is 14.0. The second-order valence-electron chi connectivity index (χ2n) is 10.3. The highest BCUT2D eigenvalue weighted by Crippen LogP contribution is 2.53. The van der Waals surface area contributed by atoms with Gasteiger partial charge >= 0.3 is 19.2 Å². The first kappa shape index (κ1) is 29.8. The Labute approximate surface area is 239 Å². The van der Waals surface area contributed by atoms with Gasteiger partial charge < -0.3 is 10.2 Å². The van der Waals surface area contributed by atoms with Gasteiger partial charge in [0.2, 0.25) is 0 Å². The van der Waals surface area contributed by atoms with Crippen LogP contribution in [-0.2, 0) is 15.0 Å². The van der Waals surface area contributed by atoms with Gasteiger partial charge in [0.25, 0.3) is 0 Å². The number of pyridine rings is 1. The Morgan fingerprint density at radius 2 is 1.49 bits per heavy atom. The van der Waals surface area contributed by atoms with Crippen LogP contribution in [0.25, 0.3) is 11.1 Å². The molecule has 4 rings (SSSR count). The minimum atomic E-state index is -3.63. The SMILES string of the molecule is C#CC(C(=O)O)([P+](=O)O)C(C)(O)c1c(-c2ccc(F)cc2)cc(C(c2ccccc2)c2ccccc2)nc1C(C)C. The van der Waals surface area contributed by atoms with Crippen molar-refractivity contribution in [3.63, 3.8) is 0 Å². The molecule has 3 atom stereocenters. The van der Waals surface area contributed by atoms with E-state index in [1.165, 1.54) is 24.3 Å². The van der Waals surface area contributed by atoms with Gasteiger partial charge in [-0.3, -0.25) is 4.98 Å². The summed E-state index contributed by atoms with van der Waals surface area (Å²) < 4.78 is 26.6. The van der Waals surface area contributed by atoms with E-state index >= 15 is 0 Å². The Balaban J connectivity index is 2.16. The van der Waals surface area contributed by atoms with Crippen molar-refractivity contribution in [2.45, 2.75) is 43.4 Å². The van der Waals surface area contributed by atoms with Crippen LogP contribution in [0.5, 0.6) is 0 Å². The Morgan fingerprint density at radius 3 is 1.90 bits per heavy atom. The molecule has 3 aromatic carbocycles. The van der Waals surface area contributed by atoms with Gasteiger partial charge in [-0.05, 0) is 63.8 Å². The summed E-state index contributed by atoms with van der Waals surface area (Å²) in [5.41, 5.74) is 0.927. The molecule has 0 aliphatic carbocycles. The lowest BCUT2D eigenvalue weighted by molar-refractivity contribution is -0.145. The molecule has 8 heteroatoms. The molecular formula is C33H30FNO5P+. The lowest BCUT2D eigenvalue weighted by Gasteiger charge is -2.34. The zero-order valence-electron chi connectivity index (χ0n) is 22.8. The number of hydrogen-bond acceptors (Lipinski definition) is 4. The van der Waals surface area contributed by atoms with E-state index in [4.69, 9.17) is 11.4 Å². The summed E-state index contributed by atoms with van der Waals surface area (Å²) in [5, 5.41) is 19.3. The van der Waals surface area contributed by atoms with Gasteiger partial charge in [0.15, 0.2) is 5.60 Å². The molecule has 208 valence electrons. The van der Waals surface area contributed by atoms with Crippen LogP contribution in [-0.4, -0.2) is 31.2 Å². The highest BCUT2D eigenvalue weighted by atomic mass is 31.1. The maximum Gasteiger partial charge on any atom is 0.541 e. The fraction of sp³-hybridized carbons (Fsp3) is 0.212. The van der Waals surface area contributed by atoms with Gasteiger partial charge in [-0.15, -0.1) is 6.42 Å². The molecule has 0 radical (unpaired) electrons. The fourth-order valence-corrected chi connectivity index (χ4v) is 6.02. The maximum absolute atomic E-state index is 14.0. The topological polar surface area (TPSA) is 108 Å². The molecule has 4 aromatic rings. The van der Waals surface area contributed by atoms with E-state index in [1.54, 1.807) is 6.07 Å². The minimum absolute atomic E-state index is 0.0134. The first-order valence-corrected chi connectivity index (χ1v) is 14.2. The van der Waals surface area contributed by atoms with Crippen LogP contribution in [0.15, 0.2) is 91.0 Å². The molecule has 1 heterocycles. The Hall–Kier alpha value is -4.21. The molecule has 0 saturated heterocycles. The van der Waals surface area contributed by atoms with E-state index in [0.717, 1.165) is 18.1 Å². The Bertz CT molecular complexity index is 1560. The second kappa shape index (κ2) is 11.7. The van der Waals surface area contributed by atoms with E-state index in [0.29, 0.717) is 22.5 Å². The highest BCUT2D eigenvalue weighted by molar-refractivity contribution is 7.42. The van der Waals surface area contributed by atoms with Gasteiger partial charge in [0.05, 0.1) is 17.3 Å². The molecule has 3 unspecified atom stereocenters. The standard InChI is InChI=1S/C33H29FNO5P/c1-5-33(31(36)37,41(39)40)32(4,38)29-26(22-16-18-25(34)19-17-22)20-27(35-30(29)21(2)3)28(23-12-8-6-9-13-23)24-14-10-7-11-15-24/h1,6-21,28,38H,2-4H3,(H-,36,37,39,40)/p+1. The van der Waals surface area contributed by atoms with Crippen LogP contribution in [0.2, 0.25) is 0 Å². The van der Waals surface area contributed by atoms with Gasteiger partial charge in [-0.25, -0.2) is 9.18 Å². The number of aliphatic carboxylic acids is 1. The van der Waals surface area contributed by atoms with E-state index in [1.807, 2.05) is 80.4 Å². The molecule has 0 amide bonds. The zero-order valence-corrected chi connectivity index (χ0v) is 23.7. The first-order valence-electron chi connectivity index (χ1n) is 13.0. The van der Waals surface area contributed by atoms with E-state index in [2.05, 4.69) is 0 Å². The number of nitrogens with zero attached hydrogens (tertiary/aromatic N) is 1. The summed E-state index contributed by atoms with van der Waals surface area (Å²) in [6, 6.07) is 26.6. The third kappa shape index (κ3) is 5.30. The molecule has 0 saturated carbocycles. The summed E-state index contributed by atoms with van der Waals surface area (Å²) in [6.45, 7) is 4.75. The number of halogens is 1. The first-order chi connectivity index (χ1) is 19.5. The molecule has 3 N–H and O–H groups in total. The van der Waals surface area contributed by atoms with Gasteiger partial charge in [0.1, 0.15) is 5.82 Å². The van der Waals surface area contributed by atoms with Crippen molar-refractivity contribution >= 4 is 14.0 Å². The molecule has 1 aromatic heterocycles.